The number of benzene rings is 2. The Morgan fingerprint density at radius 1 is 1.05 bits per heavy atom. The second kappa shape index (κ2) is 13.0. The lowest BCUT2D eigenvalue weighted by Gasteiger charge is -2.31. The van der Waals surface area contributed by atoms with E-state index in [-0.39, 0.29) is 16.4 Å². The lowest BCUT2D eigenvalue weighted by Crippen LogP contribution is -2.44. The summed E-state index contributed by atoms with van der Waals surface area (Å²) >= 11 is 13.7. The number of ether oxygens (including phenoxy) is 2. The molecule has 0 spiro atoms. The zero-order chi connectivity index (χ0) is 30.7. The van der Waals surface area contributed by atoms with E-state index in [0.717, 1.165) is 10.2 Å². The van der Waals surface area contributed by atoms with Gasteiger partial charge in [0.2, 0.25) is 5.88 Å². The predicted octanol–water partition coefficient (Wildman–Crippen LogP) is 4.87. The fourth-order valence-electron chi connectivity index (χ4n) is 4.89. The molecule has 1 aliphatic rings. The maximum Gasteiger partial charge on any atom is 0.279 e. The molecule has 0 aliphatic carbocycles. The minimum Gasteiger partial charge on any atom is -0.481 e. The molecule has 1 unspecified atom stereocenters. The minimum absolute atomic E-state index is 0.00667. The second-order valence-corrected chi connectivity index (χ2v) is 10.8. The van der Waals surface area contributed by atoms with Crippen LogP contribution in [0.5, 0.6) is 5.88 Å². The van der Waals surface area contributed by atoms with Gasteiger partial charge in [0.25, 0.3) is 11.5 Å². The van der Waals surface area contributed by atoms with E-state index in [1.807, 2.05) is 30.3 Å². The molecule has 43 heavy (non-hydrogen) atoms. The molecule has 0 bridgehead atoms. The molecule has 1 N–H and O–H groups in total. The quantitative estimate of drug-likeness (QED) is 0.296. The predicted molar refractivity (Wildman–Crippen MR) is 165 cm³/mol. The monoisotopic (exact) mass is 621 g/mol. The van der Waals surface area contributed by atoms with Crippen molar-refractivity contribution < 1.29 is 19.1 Å². The summed E-state index contributed by atoms with van der Waals surface area (Å²) in [5, 5.41) is 7.24. The van der Waals surface area contributed by atoms with Crippen molar-refractivity contribution in [2.45, 2.75) is 19.6 Å². The lowest BCUT2D eigenvalue weighted by molar-refractivity contribution is -0.134. The Kier molecular flexibility index (Phi) is 9.22. The first kappa shape index (κ1) is 30.4. The summed E-state index contributed by atoms with van der Waals surface area (Å²) in [6.45, 7) is 3.78. The number of pyridine rings is 1. The summed E-state index contributed by atoms with van der Waals surface area (Å²) in [7, 11) is 3.03. The van der Waals surface area contributed by atoms with E-state index in [1.54, 1.807) is 25.3 Å². The Balaban J connectivity index is 1.42. The number of aromatic nitrogens is 3. The number of Topliss-reactive ketones (excluding diaryl/α,β-unsaturated/α-hetero) is 1. The van der Waals surface area contributed by atoms with Crippen LogP contribution in [0, 0.1) is 0 Å². The number of carbonyl (C=O) groups excluding carboxylic acids is 2. The Hall–Kier alpha value is -4.09. The number of ketones is 1. The van der Waals surface area contributed by atoms with Crippen LogP contribution in [0.15, 0.2) is 65.6 Å². The van der Waals surface area contributed by atoms with Gasteiger partial charge in [0.15, 0.2) is 5.78 Å². The molecule has 0 radical (unpaired) electrons. The number of amides is 1. The first-order valence-electron chi connectivity index (χ1n) is 13.5. The van der Waals surface area contributed by atoms with Crippen molar-refractivity contribution in [3.63, 3.8) is 0 Å². The van der Waals surface area contributed by atoms with Gasteiger partial charge in [-0.2, -0.15) is 5.10 Å². The van der Waals surface area contributed by atoms with Gasteiger partial charge < -0.3 is 14.8 Å². The van der Waals surface area contributed by atoms with Crippen molar-refractivity contribution in [3.05, 3.63) is 92.3 Å². The van der Waals surface area contributed by atoms with Crippen LogP contribution in [0.2, 0.25) is 10.0 Å². The standard InChI is InChI=1S/C31H29Cl2N5O5/c1-18(39)26-17-38(14-15-43-26)16-19-10-11-24(36-30(19)42-3)22-8-4-6-20(27(22)32)21-7-5-9-25(28(21)33)35-29(40)23-12-13-34-37(2)31(23)41/h4-13,26H,14-17H2,1-3H3,(H,35,40). The highest BCUT2D eigenvalue weighted by Crippen LogP contribution is 2.41. The first-order valence-corrected chi connectivity index (χ1v) is 14.2. The molecule has 2 aromatic carbocycles. The normalized spacial score (nSPS) is 15.2. The molecule has 2 aromatic heterocycles. The number of hydrogen-bond donors (Lipinski definition) is 1. The van der Waals surface area contributed by atoms with Crippen molar-refractivity contribution in [1.29, 1.82) is 0 Å². The van der Waals surface area contributed by atoms with Crippen LogP contribution in [-0.2, 0) is 23.1 Å². The third kappa shape index (κ3) is 6.47. The Morgan fingerprint density at radius 2 is 1.77 bits per heavy atom. The van der Waals surface area contributed by atoms with Crippen molar-refractivity contribution in [3.8, 4) is 28.3 Å². The first-order chi connectivity index (χ1) is 20.7. The van der Waals surface area contributed by atoms with Crippen LogP contribution in [0.25, 0.3) is 22.4 Å². The largest absolute Gasteiger partial charge is 0.481 e. The lowest BCUT2D eigenvalue weighted by atomic mass is 10.00. The van der Waals surface area contributed by atoms with Crippen molar-refractivity contribution >= 4 is 40.6 Å². The Labute approximate surface area is 258 Å². The van der Waals surface area contributed by atoms with Gasteiger partial charge in [-0.3, -0.25) is 19.3 Å². The maximum atomic E-state index is 12.9. The van der Waals surface area contributed by atoms with E-state index in [2.05, 4.69) is 15.3 Å². The highest BCUT2D eigenvalue weighted by Gasteiger charge is 2.25. The summed E-state index contributed by atoms with van der Waals surface area (Å²) in [5.41, 5.74) is 3.10. The zero-order valence-electron chi connectivity index (χ0n) is 23.8. The summed E-state index contributed by atoms with van der Waals surface area (Å²) in [4.78, 5) is 43.9. The van der Waals surface area contributed by atoms with Gasteiger partial charge in [-0.1, -0.05) is 59.6 Å². The average Bonchev–Trinajstić information content (AvgIpc) is 3.00. The van der Waals surface area contributed by atoms with Gasteiger partial charge in [0, 0.05) is 55.1 Å². The third-order valence-corrected chi connectivity index (χ3v) is 8.01. The van der Waals surface area contributed by atoms with Crippen LogP contribution in [-0.4, -0.2) is 64.3 Å². The highest BCUT2D eigenvalue weighted by molar-refractivity contribution is 6.39. The van der Waals surface area contributed by atoms with Crippen molar-refractivity contribution in [1.82, 2.24) is 19.7 Å². The van der Waals surface area contributed by atoms with Gasteiger partial charge in [-0.25, -0.2) is 9.67 Å². The molecule has 1 atom stereocenters. The topological polar surface area (TPSA) is 116 Å². The molecule has 1 amide bonds. The summed E-state index contributed by atoms with van der Waals surface area (Å²) in [6.07, 6.45) is 0.942. The van der Waals surface area contributed by atoms with E-state index in [1.165, 1.54) is 26.2 Å². The molecule has 4 aromatic rings. The van der Waals surface area contributed by atoms with Crippen LogP contribution < -0.4 is 15.6 Å². The smallest absolute Gasteiger partial charge is 0.279 e. The number of aryl methyl sites for hydroxylation is 1. The number of carbonyl (C=O) groups is 2. The van der Waals surface area contributed by atoms with Gasteiger partial charge in [-0.15, -0.1) is 0 Å². The molecule has 5 rings (SSSR count). The molecule has 10 nitrogen and oxygen atoms in total. The number of anilines is 1. The summed E-state index contributed by atoms with van der Waals surface area (Å²) < 4.78 is 12.3. The van der Waals surface area contributed by atoms with Gasteiger partial charge >= 0.3 is 0 Å². The van der Waals surface area contributed by atoms with Crippen LogP contribution in [0.3, 0.4) is 0 Å². The van der Waals surface area contributed by atoms with Crippen molar-refractivity contribution in [2.24, 2.45) is 7.05 Å². The molecule has 0 saturated carbocycles. The SMILES string of the molecule is COc1nc(-c2cccc(-c3cccc(NC(=O)c4ccnn(C)c4=O)c3Cl)c2Cl)ccc1CN1CCOC(C(C)=O)C1. The maximum absolute atomic E-state index is 12.9. The second-order valence-electron chi connectivity index (χ2n) is 10.0. The molecular formula is C31H29Cl2N5O5. The number of nitrogens with zero attached hydrogens (tertiary/aromatic N) is 4. The van der Waals surface area contributed by atoms with Crippen LogP contribution >= 0.6 is 23.2 Å². The van der Waals surface area contributed by atoms with Gasteiger partial charge in [-0.05, 0) is 25.1 Å². The fourth-order valence-corrected chi connectivity index (χ4v) is 5.49. The molecule has 1 fully saturated rings. The minimum atomic E-state index is -0.604. The van der Waals surface area contributed by atoms with E-state index < -0.39 is 17.6 Å². The third-order valence-electron chi connectivity index (χ3n) is 7.19. The van der Waals surface area contributed by atoms with Gasteiger partial charge in [0.1, 0.15) is 11.7 Å². The number of methoxy groups -OCH3 is 1. The number of morpholine rings is 1. The molecule has 222 valence electrons. The molecule has 12 heteroatoms. The molecule has 1 aliphatic heterocycles. The van der Waals surface area contributed by atoms with Crippen molar-refractivity contribution in [2.75, 3.05) is 32.1 Å². The number of nitrogens with one attached hydrogen (secondary N) is 1. The highest BCUT2D eigenvalue weighted by atomic mass is 35.5. The molecule has 3 heterocycles. The van der Waals surface area contributed by atoms with E-state index in [0.29, 0.717) is 65.2 Å². The van der Waals surface area contributed by atoms with E-state index in [4.69, 9.17) is 37.7 Å². The average molecular weight is 623 g/mol. The summed E-state index contributed by atoms with van der Waals surface area (Å²) in [6, 6.07) is 15.9. The van der Waals surface area contributed by atoms with E-state index >= 15 is 0 Å². The van der Waals surface area contributed by atoms with E-state index in [9.17, 15) is 14.4 Å². The zero-order valence-corrected chi connectivity index (χ0v) is 25.3. The van der Waals surface area contributed by atoms with Gasteiger partial charge in [0.05, 0.1) is 35.1 Å². The number of rotatable bonds is 8. The van der Waals surface area contributed by atoms with Crippen LogP contribution in [0.4, 0.5) is 5.69 Å². The summed E-state index contributed by atoms with van der Waals surface area (Å²) in [5.74, 6) is -0.144. The Bertz CT molecular complexity index is 1760. The molecule has 1 saturated heterocycles. The Morgan fingerprint density at radius 3 is 2.51 bits per heavy atom. The number of halogens is 2. The fraction of sp³-hybridized carbons (Fsp3) is 0.258. The molecular weight excluding hydrogens is 593 g/mol. The number of hydrogen-bond acceptors (Lipinski definition) is 8. The van der Waals surface area contributed by atoms with Crippen LogP contribution in [0.1, 0.15) is 22.8 Å².